The average molecular weight is 373 g/mol. The van der Waals surface area contributed by atoms with E-state index in [4.69, 9.17) is 4.74 Å². The minimum Gasteiger partial charge on any atom is -0.466 e. The Kier molecular flexibility index (Phi) is 5.58. The second kappa shape index (κ2) is 7.90. The SMILES string of the molecule is CCOC(=O)[C@H]1CCCN(C(=O)c2c(C)nn(-c3ccc(F)cc3)c2C)C1. The van der Waals surface area contributed by atoms with E-state index in [1.54, 1.807) is 35.6 Å². The third-order valence-electron chi connectivity index (χ3n) is 4.90. The lowest BCUT2D eigenvalue weighted by molar-refractivity contribution is -0.149. The molecule has 0 N–H and O–H groups in total. The molecule has 1 aromatic heterocycles. The van der Waals surface area contributed by atoms with Crippen LogP contribution in [-0.2, 0) is 9.53 Å². The number of carbonyl (C=O) groups excluding carboxylic acids is 2. The van der Waals surface area contributed by atoms with Crippen LogP contribution >= 0.6 is 0 Å². The first-order valence-electron chi connectivity index (χ1n) is 9.20. The van der Waals surface area contributed by atoms with Crippen LogP contribution in [0.5, 0.6) is 0 Å². The average Bonchev–Trinajstić information content (AvgIpc) is 2.96. The number of piperidine rings is 1. The van der Waals surface area contributed by atoms with E-state index in [2.05, 4.69) is 5.10 Å². The Morgan fingerprint density at radius 2 is 1.96 bits per heavy atom. The lowest BCUT2D eigenvalue weighted by atomic mass is 9.97. The van der Waals surface area contributed by atoms with Gasteiger partial charge in [-0.25, -0.2) is 9.07 Å². The molecule has 1 aromatic carbocycles. The Labute approximate surface area is 157 Å². The molecule has 1 saturated heterocycles. The van der Waals surface area contributed by atoms with Crippen molar-refractivity contribution in [3.63, 3.8) is 0 Å². The first-order chi connectivity index (χ1) is 12.9. The molecule has 0 saturated carbocycles. The fraction of sp³-hybridized carbons (Fsp3) is 0.450. The molecule has 2 heterocycles. The van der Waals surface area contributed by atoms with E-state index >= 15 is 0 Å². The summed E-state index contributed by atoms with van der Waals surface area (Å²) in [5, 5.41) is 4.46. The minimum atomic E-state index is -0.324. The molecule has 1 atom stereocenters. The van der Waals surface area contributed by atoms with Crippen molar-refractivity contribution < 1.29 is 18.7 Å². The number of halogens is 1. The van der Waals surface area contributed by atoms with Crippen molar-refractivity contribution in [2.24, 2.45) is 5.92 Å². The number of nitrogens with zero attached hydrogens (tertiary/aromatic N) is 3. The molecule has 7 heteroatoms. The number of ether oxygens (including phenoxy) is 1. The van der Waals surface area contributed by atoms with Gasteiger partial charge >= 0.3 is 5.97 Å². The number of hydrogen-bond acceptors (Lipinski definition) is 4. The molecule has 0 radical (unpaired) electrons. The van der Waals surface area contributed by atoms with Crippen LogP contribution < -0.4 is 0 Å². The van der Waals surface area contributed by atoms with Gasteiger partial charge in [0.2, 0.25) is 0 Å². The molecule has 0 unspecified atom stereocenters. The molecule has 6 nitrogen and oxygen atoms in total. The highest BCUT2D eigenvalue weighted by atomic mass is 19.1. The molecule has 0 spiro atoms. The van der Waals surface area contributed by atoms with E-state index in [1.807, 2.05) is 6.92 Å². The lowest BCUT2D eigenvalue weighted by Gasteiger charge is -2.31. The smallest absolute Gasteiger partial charge is 0.310 e. The fourth-order valence-corrected chi connectivity index (χ4v) is 3.56. The minimum absolute atomic E-state index is 0.132. The third-order valence-corrected chi connectivity index (χ3v) is 4.90. The summed E-state index contributed by atoms with van der Waals surface area (Å²) >= 11 is 0. The van der Waals surface area contributed by atoms with E-state index in [-0.39, 0.29) is 23.6 Å². The van der Waals surface area contributed by atoms with Crippen LogP contribution in [0.25, 0.3) is 5.69 Å². The molecule has 27 heavy (non-hydrogen) atoms. The number of carbonyl (C=O) groups is 2. The Bertz CT molecular complexity index is 845. The Morgan fingerprint density at radius 3 is 2.63 bits per heavy atom. The molecule has 2 aromatic rings. The summed E-state index contributed by atoms with van der Waals surface area (Å²) in [7, 11) is 0. The number of aromatic nitrogens is 2. The van der Waals surface area contributed by atoms with E-state index in [0.29, 0.717) is 42.3 Å². The normalized spacial score (nSPS) is 17.0. The largest absolute Gasteiger partial charge is 0.466 e. The molecule has 0 bridgehead atoms. The lowest BCUT2D eigenvalue weighted by Crippen LogP contribution is -2.43. The highest BCUT2D eigenvalue weighted by Gasteiger charge is 2.32. The van der Waals surface area contributed by atoms with Gasteiger partial charge in [0.15, 0.2) is 0 Å². The number of hydrogen-bond donors (Lipinski definition) is 0. The number of amides is 1. The molecule has 1 fully saturated rings. The van der Waals surface area contributed by atoms with E-state index < -0.39 is 0 Å². The Balaban J connectivity index is 1.84. The maximum Gasteiger partial charge on any atom is 0.310 e. The zero-order valence-corrected chi connectivity index (χ0v) is 15.9. The summed E-state index contributed by atoms with van der Waals surface area (Å²) in [6.45, 7) is 6.69. The third kappa shape index (κ3) is 3.86. The molecule has 3 rings (SSSR count). The molecular formula is C20H24FN3O3. The summed E-state index contributed by atoms with van der Waals surface area (Å²) in [5.74, 6) is -0.983. The molecular weight excluding hydrogens is 349 g/mol. The monoisotopic (exact) mass is 373 g/mol. The van der Waals surface area contributed by atoms with Gasteiger partial charge in [-0.05, 0) is 57.9 Å². The van der Waals surface area contributed by atoms with Crippen LogP contribution in [0.3, 0.4) is 0 Å². The van der Waals surface area contributed by atoms with Crippen molar-refractivity contribution in [3.8, 4) is 5.69 Å². The van der Waals surface area contributed by atoms with Crippen LogP contribution in [0.15, 0.2) is 24.3 Å². The predicted molar refractivity (Wildman–Crippen MR) is 98.3 cm³/mol. The second-order valence-corrected chi connectivity index (χ2v) is 6.78. The van der Waals surface area contributed by atoms with Gasteiger partial charge in [-0.15, -0.1) is 0 Å². The number of rotatable bonds is 4. The van der Waals surface area contributed by atoms with Crippen LogP contribution in [-0.4, -0.2) is 46.3 Å². The van der Waals surface area contributed by atoms with Gasteiger partial charge in [0.1, 0.15) is 5.82 Å². The van der Waals surface area contributed by atoms with Gasteiger partial charge in [0.25, 0.3) is 5.91 Å². The molecule has 0 aliphatic carbocycles. The van der Waals surface area contributed by atoms with Gasteiger partial charge < -0.3 is 9.64 Å². The van der Waals surface area contributed by atoms with Crippen molar-refractivity contribution in [2.45, 2.75) is 33.6 Å². The van der Waals surface area contributed by atoms with Crippen molar-refractivity contribution in [2.75, 3.05) is 19.7 Å². The van der Waals surface area contributed by atoms with Crippen molar-refractivity contribution in [1.29, 1.82) is 0 Å². The molecule has 1 aliphatic rings. The van der Waals surface area contributed by atoms with Crippen LogP contribution in [0, 0.1) is 25.6 Å². The highest BCUT2D eigenvalue weighted by Crippen LogP contribution is 2.24. The summed E-state index contributed by atoms with van der Waals surface area (Å²) in [4.78, 5) is 26.9. The first kappa shape index (κ1) is 19.1. The second-order valence-electron chi connectivity index (χ2n) is 6.78. The molecule has 144 valence electrons. The van der Waals surface area contributed by atoms with Crippen molar-refractivity contribution in [1.82, 2.24) is 14.7 Å². The van der Waals surface area contributed by atoms with Crippen LogP contribution in [0.1, 0.15) is 41.5 Å². The molecule has 1 amide bonds. The Morgan fingerprint density at radius 1 is 1.26 bits per heavy atom. The standard InChI is InChI=1S/C20H24FN3O3/c1-4-27-20(26)15-6-5-11-23(12-15)19(25)18-13(2)22-24(14(18)3)17-9-7-16(21)8-10-17/h7-10,15H,4-6,11-12H2,1-3H3/t15-/m0/s1. The summed E-state index contributed by atoms with van der Waals surface area (Å²) < 4.78 is 19.9. The number of esters is 1. The fourth-order valence-electron chi connectivity index (χ4n) is 3.56. The summed E-state index contributed by atoms with van der Waals surface area (Å²) in [6.07, 6.45) is 1.49. The topological polar surface area (TPSA) is 64.4 Å². The zero-order valence-electron chi connectivity index (χ0n) is 15.9. The summed E-state index contributed by atoms with van der Waals surface area (Å²) in [5.41, 5.74) is 2.53. The number of aryl methyl sites for hydroxylation is 1. The van der Waals surface area contributed by atoms with Crippen molar-refractivity contribution >= 4 is 11.9 Å². The maximum atomic E-state index is 13.2. The van der Waals surface area contributed by atoms with Gasteiger partial charge in [0.05, 0.1) is 35.2 Å². The zero-order chi connectivity index (χ0) is 19.6. The van der Waals surface area contributed by atoms with Gasteiger partial charge in [-0.2, -0.15) is 5.10 Å². The first-order valence-corrected chi connectivity index (χ1v) is 9.20. The van der Waals surface area contributed by atoms with Gasteiger partial charge in [-0.3, -0.25) is 9.59 Å². The Hall–Kier alpha value is -2.70. The van der Waals surface area contributed by atoms with E-state index in [1.165, 1.54) is 12.1 Å². The van der Waals surface area contributed by atoms with Gasteiger partial charge in [-0.1, -0.05) is 0 Å². The maximum absolute atomic E-state index is 13.2. The highest BCUT2D eigenvalue weighted by molar-refractivity contribution is 5.97. The number of benzene rings is 1. The predicted octanol–water partition coefficient (Wildman–Crippen LogP) is 3.04. The number of likely N-dealkylation sites (tertiary alicyclic amines) is 1. The van der Waals surface area contributed by atoms with Crippen LogP contribution in [0.2, 0.25) is 0 Å². The molecule has 1 aliphatic heterocycles. The summed E-state index contributed by atoms with van der Waals surface area (Å²) in [6, 6.07) is 5.98. The van der Waals surface area contributed by atoms with E-state index in [0.717, 1.165) is 12.8 Å². The van der Waals surface area contributed by atoms with Crippen molar-refractivity contribution in [3.05, 3.63) is 47.0 Å². The van der Waals surface area contributed by atoms with Crippen LogP contribution in [0.4, 0.5) is 4.39 Å². The van der Waals surface area contributed by atoms with Gasteiger partial charge in [0, 0.05) is 13.1 Å². The quantitative estimate of drug-likeness (QED) is 0.773. The van der Waals surface area contributed by atoms with E-state index in [9.17, 15) is 14.0 Å².